The molecule has 4 aliphatic rings. The lowest BCUT2D eigenvalue weighted by Gasteiger charge is -2.62. The van der Waals surface area contributed by atoms with Crippen LogP contribution in [0.2, 0.25) is 0 Å². The summed E-state index contributed by atoms with van der Waals surface area (Å²) in [5.74, 6) is 5.21. The molecule has 4 saturated carbocycles. The average Bonchev–Trinajstić information content (AvgIpc) is 3.40. The SMILES string of the molecule is CCCCCCCC/C=C/CCCCCCCC(=O)OC1C[C@@H](O)C[C@H]2CC[C@@H]3[C@@H]4CC[C@H]([C@H](C)CCCC(C)C)[C@@]4(C)CC[C@@H]3[C@@]12C. The van der Waals surface area contributed by atoms with E-state index in [1.165, 1.54) is 128 Å². The summed E-state index contributed by atoms with van der Waals surface area (Å²) in [5.41, 5.74) is 0.495. The lowest BCUT2D eigenvalue weighted by Crippen LogP contribution is -2.60. The predicted molar refractivity (Wildman–Crippen MR) is 204 cm³/mol. The Balaban J connectivity index is 1.21. The molecular formula is C45H80O3. The zero-order chi connectivity index (χ0) is 34.6. The van der Waals surface area contributed by atoms with Gasteiger partial charge in [0.15, 0.2) is 0 Å². The van der Waals surface area contributed by atoms with Gasteiger partial charge in [-0.1, -0.05) is 124 Å². The van der Waals surface area contributed by atoms with Crippen molar-refractivity contribution in [3.05, 3.63) is 12.2 Å². The van der Waals surface area contributed by atoms with Crippen LogP contribution in [-0.4, -0.2) is 23.3 Å². The molecule has 1 unspecified atom stereocenters. The van der Waals surface area contributed by atoms with E-state index in [4.69, 9.17) is 4.74 Å². The van der Waals surface area contributed by atoms with Gasteiger partial charge >= 0.3 is 5.97 Å². The number of ether oxygens (including phenoxy) is 1. The number of rotatable bonds is 21. The number of aliphatic hydroxyl groups is 1. The molecule has 3 heteroatoms. The van der Waals surface area contributed by atoms with Gasteiger partial charge in [-0.15, -0.1) is 0 Å². The van der Waals surface area contributed by atoms with Crippen molar-refractivity contribution in [2.75, 3.05) is 0 Å². The van der Waals surface area contributed by atoms with Crippen molar-refractivity contribution < 1.29 is 14.6 Å². The smallest absolute Gasteiger partial charge is 0.306 e. The molecule has 0 aliphatic heterocycles. The van der Waals surface area contributed by atoms with Crippen LogP contribution in [0.1, 0.15) is 202 Å². The molecule has 0 aromatic heterocycles. The van der Waals surface area contributed by atoms with Crippen LogP contribution in [0.4, 0.5) is 0 Å². The largest absolute Gasteiger partial charge is 0.462 e. The third kappa shape index (κ3) is 10.4. The molecule has 0 amide bonds. The van der Waals surface area contributed by atoms with Crippen molar-refractivity contribution in [2.45, 2.75) is 214 Å². The number of aliphatic hydroxyl groups excluding tert-OH is 1. The van der Waals surface area contributed by atoms with Crippen LogP contribution < -0.4 is 0 Å². The molecule has 0 bridgehead atoms. The highest BCUT2D eigenvalue weighted by atomic mass is 16.5. The van der Waals surface area contributed by atoms with Crippen molar-refractivity contribution in [1.82, 2.24) is 0 Å². The van der Waals surface area contributed by atoms with Crippen molar-refractivity contribution in [3.63, 3.8) is 0 Å². The summed E-state index contributed by atoms with van der Waals surface area (Å²) in [6.07, 6.45) is 35.0. The summed E-state index contributed by atoms with van der Waals surface area (Å²) in [6, 6.07) is 0. The number of carbonyl (C=O) groups excluding carboxylic acids is 1. The Morgan fingerprint density at radius 2 is 1.44 bits per heavy atom. The average molecular weight is 669 g/mol. The molecule has 1 N–H and O–H groups in total. The highest BCUT2D eigenvalue weighted by molar-refractivity contribution is 5.69. The number of fused-ring (bicyclic) bond motifs is 5. The molecular weight excluding hydrogens is 588 g/mol. The highest BCUT2D eigenvalue weighted by Gasteiger charge is 2.63. The summed E-state index contributed by atoms with van der Waals surface area (Å²) >= 11 is 0. The molecule has 48 heavy (non-hydrogen) atoms. The lowest BCUT2D eigenvalue weighted by atomic mass is 9.43. The van der Waals surface area contributed by atoms with E-state index in [1.54, 1.807) is 0 Å². The second-order valence-corrected chi connectivity index (χ2v) is 18.5. The van der Waals surface area contributed by atoms with E-state index in [-0.39, 0.29) is 23.6 Å². The van der Waals surface area contributed by atoms with Crippen LogP contribution >= 0.6 is 0 Å². The van der Waals surface area contributed by atoms with Crippen molar-refractivity contribution in [2.24, 2.45) is 52.3 Å². The van der Waals surface area contributed by atoms with Gasteiger partial charge in [-0.05, 0) is 124 Å². The van der Waals surface area contributed by atoms with Gasteiger partial charge < -0.3 is 9.84 Å². The molecule has 0 spiro atoms. The molecule has 4 fully saturated rings. The second kappa shape index (κ2) is 19.7. The fourth-order valence-electron chi connectivity index (χ4n) is 12.0. The Morgan fingerprint density at radius 1 is 0.771 bits per heavy atom. The third-order valence-electron chi connectivity index (χ3n) is 14.8. The molecule has 4 aliphatic carbocycles. The van der Waals surface area contributed by atoms with Gasteiger partial charge in [0.2, 0.25) is 0 Å². The van der Waals surface area contributed by atoms with Crippen molar-refractivity contribution in [3.8, 4) is 0 Å². The van der Waals surface area contributed by atoms with Gasteiger partial charge in [0.1, 0.15) is 6.10 Å². The molecule has 10 atom stereocenters. The Morgan fingerprint density at radius 3 is 2.12 bits per heavy atom. The Labute approximate surface area is 298 Å². The summed E-state index contributed by atoms with van der Waals surface area (Å²) in [6.45, 7) is 14.7. The second-order valence-electron chi connectivity index (χ2n) is 18.5. The maximum atomic E-state index is 13.3. The minimum atomic E-state index is -0.325. The zero-order valence-corrected chi connectivity index (χ0v) is 32.8. The first kappa shape index (κ1) is 39.9. The van der Waals surface area contributed by atoms with Gasteiger partial charge in [0.05, 0.1) is 6.10 Å². The molecule has 4 rings (SSSR count). The number of esters is 1. The topological polar surface area (TPSA) is 46.5 Å². The first-order valence-corrected chi connectivity index (χ1v) is 21.6. The van der Waals surface area contributed by atoms with Crippen LogP contribution in [0.5, 0.6) is 0 Å². The zero-order valence-electron chi connectivity index (χ0n) is 32.8. The molecule has 0 aromatic rings. The number of allylic oxidation sites excluding steroid dienone is 2. The third-order valence-corrected chi connectivity index (χ3v) is 14.8. The van der Waals surface area contributed by atoms with E-state index < -0.39 is 0 Å². The van der Waals surface area contributed by atoms with Crippen LogP contribution in [0.15, 0.2) is 12.2 Å². The van der Waals surface area contributed by atoms with Crippen molar-refractivity contribution in [1.29, 1.82) is 0 Å². The monoisotopic (exact) mass is 669 g/mol. The summed E-state index contributed by atoms with van der Waals surface area (Å²) in [4.78, 5) is 13.3. The highest BCUT2D eigenvalue weighted by Crippen LogP contribution is 2.68. The molecule has 0 saturated heterocycles. The number of unbranched alkanes of at least 4 members (excludes halogenated alkanes) is 11. The van der Waals surface area contributed by atoms with Gasteiger partial charge in [-0.2, -0.15) is 0 Å². The van der Waals surface area contributed by atoms with Gasteiger partial charge in [-0.25, -0.2) is 0 Å². The number of hydrogen-bond donors (Lipinski definition) is 1. The number of hydrogen-bond acceptors (Lipinski definition) is 3. The Kier molecular flexibility index (Phi) is 16.4. The van der Waals surface area contributed by atoms with E-state index in [0.717, 1.165) is 48.9 Å². The van der Waals surface area contributed by atoms with E-state index in [0.29, 0.717) is 30.1 Å². The fraction of sp³-hybridized carbons (Fsp3) is 0.933. The first-order chi connectivity index (χ1) is 23.1. The standard InChI is InChI=1S/C45H80O3/c1-7-8-9-10-11-12-13-14-15-16-17-18-19-20-21-25-43(47)48-42-33-37(46)32-36-26-27-38-40-29-28-39(35(4)24-22-23-34(2)3)44(40,5)31-30-41(38)45(36,42)6/h14-15,34-42,46H,7-13,16-33H2,1-6H3/b15-14+/t35-,36-,37+,38-,39-,40+,41+,42?,44-,45+/m1/s1. The Bertz CT molecular complexity index is 956. The van der Waals surface area contributed by atoms with Crippen LogP contribution in [0, 0.1) is 52.3 Å². The molecule has 278 valence electrons. The minimum Gasteiger partial charge on any atom is -0.462 e. The summed E-state index contributed by atoms with van der Waals surface area (Å²) in [7, 11) is 0. The van der Waals surface area contributed by atoms with E-state index in [9.17, 15) is 9.90 Å². The summed E-state index contributed by atoms with van der Waals surface area (Å²) in [5, 5.41) is 11.0. The molecule has 0 aromatic carbocycles. The summed E-state index contributed by atoms with van der Waals surface area (Å²) < 4.78 is 6.45. The van der Waals surface area contributed by atoms with Gasteiger partial charge in [0.25, 0.3) is 0 Å². The lowest BCUT2D eigenvalue weighted by molar-refractivity contribution is -0.203. The fourth-order valence-corrected chi connectivity index (χ4v) is 12.0. The molecule has 0 heterocycles. The van der Waals surface area contributed by atoms with Crippen LogP contribution in [0.25, 0.3) is 0 Å². The normalized spacial score (nSPS) is 35.4. The Hall–Kier alpha value is -0.830. The molecule has 0 radical (unpaired) electrons. The first-order valence-electron chi connectivity index (χ1n) is 21.6. The predicted octanol–water partition coefficient (Wildman–Crippen LogP) is 13.0. The van der Waals surface area contributed by atoms with Crippen LogP contribution in [-0.2, 0) is 9.53 Å². The number of carbonyl (C=O) groups is 1. The van der Waals surface area contributed by atoms with Gasteiger partial charge in [0, 0.05) is 18.3 Å². The maximum Gasteiger partial charge on any atom is 0.306 e. The quantitative estimate of drug-likeness (QED) is 0.0752. The van der Waals surface area contributed by atoms with Crippen molar-refractivity contribution >= 4 is 5.97 Å². The minimum absolute atomic E-state index is 0.00868. The van der Waals surface area contributed by atoms with Gasteiger partial charge in [-0.3, -0.25) is 4.79 Å². The maximum absolute atomic E-state index is 13.3. The van der Waals surface area contributed by atoms with E-state index in [2.05, 4.69) is 53.7 Å². The molecule has 3 nitrogen and oxygen atoms in total. The van der Waals surface area contributed by atoms with Crippen LogP contribution in [0.3, 0.4) is 0 Å². The van der Waals surface area contributed by atoms with E-state index >= 15 is 0 Å². The van der Waals surface area contributed by atoms with E-state index in [1.807, 2.05) is 0 Å².